The molecular formula is C15H22N4O3. The van der Waals surface area contributed by atoms with Crippen molar-refractivity contribution in [2.24, 2.45) is 0 Å². The number of hydrogen-bond acceptors (Lipinski definition) is 5. The Morgan fingerprint density at radius 3 is 2.91 bits per heavy atom. The highest BCUT2D eigenvalue weighted by atomic mass is 16.5. The molecule has 0 saturated carbocycles. The van der Waals surface area contributed by atoms with Crippen molar-refractivity contribution >= 4 is 6.03 Å². The first-order valence-electron chi connectivity index (χ1n) is 7.48. The molecule has 2 aromatic heterocycles. The van der Waals surface area contributed by atoms with Gasteiger partial charge in [-0.25, -0.2) is 4.79 Å². The maximum absolute atomic E-state index is 12.4. The monoisotopic (exact) mass is 306 g/mol. The topological polar surface area (TPSA) is 84.4 Å². The van der Waals surface area contributed by atoms with Gasteiger partial charge in [0.15, 0.2) is 5.82 Å². The van der Waals surface area contributed by atoms with E-state index in [1.165, 1.54) is 0 Å². The predicted octanol–water partition coefficient (Wildman–Crippen LogP) is 3.04. The fraction of sp³-hybridized carbons (Fsp3) is 0.533. The van der Waals surface area contributed by atoms with Crippen molar-refractivity contribution < 1.29 is 13.7 Å². The minimum atomic E-state index is -0.338. The third-order valence-corrected chi connectivity index (χ3v) is 3.25. The van der Waals surface area contributed by atoms with Crippen LogP contribution in [0.2, 0.25) is 0 Å². The number of rotatable bonds is 7. The Morgan fingerprint density at radius 2 is 2.32 bits per heavy atom. The molecule has 1 N–H and O–H groups in total. The standard InChI is InChI=1S/C15H22N4O3/c1-4-5-8-19(10-13-7-6-9-21-13)15(20)16-11(2)14-17-12(3)18-22-14/h6-7,9,11H,4-5,8,10H2,1-3H3,(H,16,20)/t11-/m0/s1. The van der Waals surface area contributed by atoms with E-state index in [0.717, 1.165) is 18.6 Å². The van der Waals surface area contributed by atoms with Crippen molar-refractivity contribution in [1.29, 1.82) is 0 Å². The summed E-state index contributed by atoms with van der Waals surface area (Å²) in [5, 5.41) is 6.61. The highest BCUT2D eigenvalue weighted by Crippen LogP contribution is 2.12. The number of furan rings is 1. The van der Waals surface area contributed by atoms with Gasteiger partial charge in [0, 0.05) is 6.54 Å². The van der Waals surface area contributed by atoms with Gasteiger partial charge in [0.1, 0.15) is 11.8 Å². The number of nitrogens with zero attached hydrogens (tertiary/aromatic N) is 3. The van der Waals surface area contributed by atoms with E-state index in [2.05, 4.69) is 22.4 Å². The van der Waals surface area contributed by atoms with Crippen molar-refractivity contribution in [2.45, 2.75) is 46.2 Å². The molecule has 120 valence electrons. The summed E-state index contributed by atoms with van der Waals surface area (Å²) in [4.78, 5) is 18.3. The zero-order valence-electron chi connectivity index (χ0n) is 13.2. The Balaban J connectivity index is 1.98. The van der Waals surface area contributed by atoms with Gasteiger partial charge in [-0.2, -0.15) is 4.98 Å². The Bertz CT molecular complexity index is 579. The Labute approximate surface area is 129 Å². The second-order valence-electron chi connectivity index (χ2n) is 5.21. The van der Waals surface area contributed by atoms with Gasteiger partial charge < -0.3 is 19.2 Å². The van der Waals surface area contributed by atoms with Crippen LogP contribution in [0.15, 0.2) is 27.3 Å². The van der Waals surface area contributed by atoms with Crippen molar-refractivity contribution in [3.63, 3.8) is 0 Å². The van der Waals surface area contributed by atoms with Crippen LogP contribution >= 0.6 is 0 Å². The molecule has 2 aromatic rings. The van der Waals surface area contributed by atoms with E-state index < -0.39 is 0 Å². The Hall–Kier alpha value is -2.31. The molecular weight excluding hydrogens is 284 g/mol. The lowest BCUT2D eigenvalue weighted by Crippen LogP contribution is -2.41. The Kier molecular flexibility index (Phi) is 5.57. The van der Waals surface area contributed by atoms with Crippen molar-refractivity contribution in [1.82, 2.24) is 20.4 Å². The van der Waals surface area contributed by atoms with E-state index in [-0.39, 0.29) is 12.1 Å². The van der Waals surface area contributed by atoms with Gasteiger partial charge in [-0.15, -0.1) is 0 Å². The second kappa shape index (κ2) is 7.63. The number of amides is 2. The molecule has 0 aliphatic rings. The molecule has 1 atom stereocenters. The number of hydrogen-bond donors (Lipinski definition) is 1. The van der Waals surface area contributed by atoms with E-state index >= 15 is 0 Å². The van der Waals surface area contributed by atoms with Crippen LogP contribution in [0.1, 0.15) is 50.2 Å². The van der Waals surface area contributed by atoms with Crippen LogP contribution in [0, 0.1) is 6.92 Å². The minimum Gasteiger partial charge on any atom is -0.467 e. The molecule has 0 aromatic carbocycles. The van der Waals surface area contributed by atoms with Crippen LogP contribution in [-0.4, -0.2) is 27.6 Å². The van der Waals surface area contributed by atoms with Gasteiger partial charge in [0.05, 0.1) is 12.8 Å². The van der Waals surface area contributed by atoms with Gasteiger partial charge >= 0.3 is 6.03 Å². The third-order valence-electron chi connectivity index (χ3n) is 3.25. The quantitative estimate of drug-likeness (QED) is 0.850. The summed E-state index contributed by atoms with van der Waals surface area (Å²) in [5.41, 5.74) is 0. The van der Waals surface area contributed by atoms with Gasteiger partial charge in [0.25, 0.3) is 0 Å². The normalized spacial score (nSPS) is 12.1. The number of aromatic nitrogens is 2. The number of unbranched alkanes of at least 4 members (excludes halogenated alkanes) is 1. The molecule has 2 heterocycles. The lowest BCUT2D eigenvalue weighted by atomic mass is 10.3. The van der Waals surface area contributed by atoms with Crippen LogP contribution in [-0.2, 0) is 6.54 Å². The summed E-state index contributed by atoms with van der Waals surface area (Å²) in [7, 11) is 0. The van der Waals surface area contributed by atoms with Crippen LogP contribution in [0.25, 0.3) is 0 Å². The fourth-order valence-corrected chi connectivity index (χ4v) is 2.02. The molecule has 0 saturated heterocycles. The van der Waals surface area contributed by atoms with Crippen LogP contribution < -0.4 is 5.32 Å². The molecule has 2 amide bonds. The average molecular weight is 306 g/mol. The van der Waals surface area contributed by atoms with Crippen molar-refractivity contribution in [3.8, 4) is 0 Å². The third kappa shape index (κ3) is 4.34. The zero-order chi connectivity index (χ0) is 15.9. The summed E-state index contributed by atoms with van der Waals surface area (Å²) >= 11 is 0. The van der Waals surface area contributed by atoms with Crippen LogP contribution in [0.5, 0.6) is 0 Å². The van der Waals surface area contributed by atoms with E-state index in [0.29, 0.717) is 24.8 Å². The number of carbonyl (C=O) groups is 1. The van der Waals surface area contributed by atoms with E-state index in [1.54, 1.807) is 18.1 Å². The number of aryl methyl sites for hydroxylation is 1. The molecule has 0 spiro atoms. The molecule has 0 fully saturated rings. The summed E-state index contributed by atoms with van der Waals surface area (Å²) in [6.07, 6.45) is 3.55. The van der Waals surface area contributed by atoms with Gasteiger partial charge in [0.2, 0.25) is 5.89 Å². The highest BCUT2D eigenvalue weighted by Gasteiger charge is 2.20. The number of urea groups is 1. The maximum Gasteiger partial charge on any atom is 0.318 e. The van der Waals surface area contributed by atoms with Crippen molar-refractivity contribution in [2.75, 3.05) is 6.54 Å². The van der Waals surface area contributed by atoms with Gasteiger partial charge in [-0.3, -0.25) is 0 Å². The van der Waals surface area contributed by atoms with Crippen LogP contribution in [0.3, 0.4) is 0 Å². The predicted molar refractivity (Wildman–Crippen MR) is 80.0 cm³/mol. The molecule has 0 unspecified atom stereocenters. The highest BCUT2D eigenvalue weighted by molar-refractivity contribution is 5.74. The van der Waals surface area contributed by atoms with Crippen molar-refractivity contribution in [3.05, 3.63) is 35.9 Å². The SMILES string of the molecule is CCCCN(Cc1ccco1)C(=O)N[C@@H](C)c1nc(C)no1. The average Bonchev–Trinajstić information content (AvgIpc) is 3.14. The largest absolute Gasteiger partial charge is 0.467 e. The molecule has 22 heavy (non-hydrogen) atoms. The maximum atomic E-state index is 12.4. The fourth-order valence-electron chi connectivity index (χ4n) is 2.02. The van der Waals surface area contributed by atoms with Gasteiger partial charge in [-0.1, -0.05) is 18.5 Å². The first-order chi connectivity index (χ1) is 10.6. The van der Waals surface area contributed by atoms with E-state index in [9.17, 15) is 4.79 Å². The summed E-state index contributed by atoms with van der Waals surface area (Å²) < 4.78 is 10.4. The second-order valence-corrected chi connectivity index (χ2v) is 5.21. The van der Waals surface area contributed by atoms with E-state index in [4.69, 9.17) is 8.94 Å². The molecule has 0 aliphatic heterocycles. The number of nitrogens with one attached hydrogen (secondary N) is 1. The molecule has 7 heteroatoms. The number of carbonyl (C=O) groups excluding carboxylic acids is 1. The summed E-state index contributed by atoms with van der Waals surface area (Å²) in [5.74, 6) is 1.71. The molecule has 7 nitrogen and oxygen atoms in total. The lowest BCUT2D eigenvalue weighted by Gasteiger charge is -2.23. The molecule has 2 rings (SSSR count). The zero-order valence-corrected chi connectivity index (χ0v) is 13.2. The molecule has 0 radical (unpaired) electrons. The lowest BCUT2D eigenvalue weighted by molar-refractivity contribution is 0.183. The Morgan fingerprint density at radius 1 is 1.50 bits per heavy atom. The van der Waals surface area contributed by atoms with Gasteiger partial charge in [-0.05, 0) is 32.4 Å². The summed E-state index contributed by atoms with van der Waals surface area (Å²) in [6, 6.07) is 3.16. The summed E-state index contributed by atoms with van der Waals surface area (Å²) in [6.45, 7) is 6.75. The van der Waals surface area contributed by atoms with Crippen LogP contribution in [0.4, 0.5) is 4.79 Å². The molecule has 0 bridgehead atoms. The van der Waals surface area contributed by atoms with E-state index in [1.807, 2.05) is 19.1 Å². The minimum absolute atomic E-state index is 0.173. The smallest absolute Gasteiger partial charge is 0.318 e. The molecule has 0 aliphatic carbocycles. The first kappa shape index (κ1) is 16.1. The first-order valence-corrected chi connectivity index (χ1v) is 7.48.